The van der Waals surface area contributed by atoms with Gasteiger partial charge in [-0.3, -0.25) is 14.6 Å². The van der Waals surface area contributed by atoms with E-state index in [9.17, 15) is 49.1 Å². The lowest BCUT2D eigenvalue weighted by molar-refractivity contribution is -0.184. The highest BCUT2D eigenvalue weighted by Crippen LogP contribution is 2.47. The second kappa shape index (κ2) is 13.6. The average Bonchev–Trinajstić information content (AvgIpc) is 2.92. The fourth-order valence-electron chi connectivity index (χ4n) is 4.44. The topological polar surface area (TPSA) is 80.3 Å². The van der Waals surface area contributed by atoms with E-state index < -0.39 is 66.5 Å². The molecule has 0 bridgehead atoms. The lowest BCUT2D eigenvalue weighted by Gasteiger charge is -2.35. The number of nitrogens with one attached hydrogen (secondary N) is 2. The molecule has 242 valence electrons. The maximum Gasteiger partial charge on any atom is 0.398 e. The molecule has 3 rings (SSSR count). The number of ether oxygens (including phenoxy) is 1. The molecule has 0 radical (unpaired) electrons. The minimum absolute atomic E-state index is 0.0262. The van der Waals surface area contributed by atoms with E-state index in [1.54, 1.807) is 0 Å². The van der Waals surface area contributed by atoms with Gasteiger partial charge in [-0.25, -0.2) is 13.2 Å². The average molecular weight is 640 g/mol. The summed E-state index contributed by atoms with van der Waals surface area (Å²) < 4.78 is 128. The third-order valence-electron chi connectivity index (χ3n) is 7.30. The predicted molar refractivity (Wildman–Crippen MR) is 142 cm³/mol. The summed E-state index contributed by atoms with van der Waals surface area (Å²) in [6.45, 7) is 0.289. The fourth-order valence-corrected chi connectivity index (χ4v) is 4.44. The van der Waals surface area contributed by atoms with Crippen molar-refractivity contribution in [3.8, 4) is 5.75 Å². The Labute approximate surface area is 247 Å². The van der Waals surface area contributed by atoms with Gasteiger partial charge in [-0.15, -0.1) is 0 Å². The van der Waals surface area contributed by atoms with Crippen LogP contribution in [0.4, 0.5) is 39.5 Å². The zero-order chi connectivity index (χ0) is 32.9. The highest BCUT2D eigenvalue weighted by molar-refractivity contribution is 6.02. The first kappa shape index (κ1) is 34.9. The van der Waals surface area contributed by atoms with Gasteiger partial charge < -0.3 is 15.4 Å². The lowest BCUT2D eigenvalue weighted by Crippen LogP contribution is -2.64. The molecular formula is C29H30F9N3O3. The van der Waals surface area contributed by atoms with Crippen molar-refractivity contribution in [1.29, 1.82) is 0 Å². The van der Waals surface area contributed by atoms with Crippen molar-refractivity contribution in [3.63, 3.8) is 0 Å². The van der Waals surface area contributed by atoms with Crippen molar-refractivity contribution in [2.24, 2.45) is 0 Å². The molecule has 1 fully saturated rings. The van der Waals surface area contributed by atoms with E-state index in [0.717, 1.165) is 56.4 Å². The molecule has 0 saturated carbocycles. The van der Waals surface area contributed by atoms with Gasteiger partial charge in [0.25, 0.3) is 12.3 Å². The number of alkyl halides is 9. The molecule has 0 aliphatic carbocycles. The quantitative estimate of drug-likeness (QED) is 0.150. The summed E-state index contributed by atoms with van der Waals surface area (Å²) in [5, 5.41) is 4.82. The molecule has 1 aromatic carbocycles. The number of halogens is 9. The Bertz CT molecular complexity index is 1340. The highest BCUT2D eigenvalue weighted by atomic mass is 19.4. The van der Waals surface area contributed by atoms with E-state index >= 15 is 0 Å². The fraction of sp³-hybridized carbons (Fsp3) is 0.483. The van der Waals surface area contributed by atoms with Crippen molar-refractivity contribution in [2.75, 3.05) is 26.2 Å². The molecule has 2 N–H and O–H groups in total. The van der Waals surface area contributed by atoms with Crippen LogP contribution in [0.2, 0.25) is 0 Å². The van der Waals surface area contributed by atoms with Crippen LogP contribution >= 0.6 is 0 Å². The van der Waals surface area contributed by atoms with Crippen LogP contribution in [0.15, 0.2) is 48.2 Å². The van der Waals surface area contributed by atoms with Gasteiger partial charge in [0.1, 0.15) is 5.75 Å². The molecular weight excluding hydrogens is 609 g/mol. The van der Waals surface area contributed by atoms with Gasteiger partial charge in [-0.05, 0) is 62.1 Å². The molecule has 2 aromatic rings. The van der Waals surface area contributed by atoms with E-state index in [4.69, 9.17) is 4.74 Å². The van der Waals surface area contributed by atoms with E-state index in [0.29, 0.717) is 0 Å². The van der Waals surface area contributed by atoms with Crippen molar-refractivity contribution in [2.45, 2.75) is 63.0 Å². The Morgan fingerprint density at radius 3 is 2.14 bits per heavy atom. The highest BCUT2D eigenvalue weighted by Gasteiger charge is 2.53. The summed E-state index contributed by atoms with van der Waals surface area (Å²) in [5.41, 5.74) is -6.73. The Morgan fingerprint density at radius 1 is 1.05 bits per heavy atom. The van der Waals surface area contributed by atoms with Crippen molar-refractivity contribution in [3.05, 3.63) is 65.0 Å². The second-order valence-electron chi connectivity index (χ2n) is 10.6. The number of hydrogen-bond acceptors (Lipinski definition) is 5. The van der Waals surface area contributed by atoms with Gasteiger partial charge in [0.05, 0.1) is 17.7 Å². The van der Waals surface area contributed by atoms with Gasteiger partial charge in [0, 0.05) is 43.4 Å². The van der Waals surface area contributed by atoms with Crippen molar-refractivity contribution in [1.82, 2.24) is 15.6 Å². The number of hydrogen-bond donors (Lipinski definition) is 2. The SMILES string of the molecule is CC(=O)/C(CNC(=O)C1(F)CNC1)=C(\C[C@](C)(c1ccc(OCCCC(F)(F)F)cc1)C(F)(F)F)c1ccc(C(F)F)cn1. The Kier molecular flexibility index (Phi) is 10.8. The number of nitrogens with zero attached hydrogens (tertiary/aromatic N) is 1. The molecule has 1 atom stereocenters. The molecule has 2 heterocycles. The summed E-state index contributed by atoms with van der Waals surface area (Å²) in [7, 11) is 0. The molecule has 0 unspecified atom stereocenters. The summed E-state index contributed by atoms with van der Waals surface area (Å²) >= 11 is 0. The molecule has 1 aromatic heterocycles. The van der Waals surface area contributed by atoms with Crippen LogP contribution in [0.25, 0.3) is 5.57 Å². The first-order valence-corrected chi connectivity index (χ1v) is 13.4. The standard InChI is InChI=1S/C29H30F9N3O3/c1-17(42)22(14-41-25(43)27(32)15-39-16-27)21(23-9-4-18(13-40-23)24(30)31)12-26(2,29(36,37)38)19-5-7-20(8-6-19)44-11-3-10-28(33,34)35/h4-9,13,24,39H,3,10-12,14-16H2,1-2H3,(H,41,43)/b22-21+/t26-/m1/s1. The second-order valence-corrected chi connectivity index (χ2v) is 10.6. The predicted octanol–water partition coefficient (Wildman–Crippen LogP) is 6.42. The number of benzene rings is 1. The van der Waals surface area contributed by atoms with E-state index in [1.165, 1.54) is 0 Å². The monoisotopic (exact) mass is 639 g/mol. The zero-order valence-electron chi connectivity index (χ0n) is 23.6. The molecule has 1 saturated heterocycles. The van der Waals surface area contributed by atoms with Gasteiger partial charge in [0.15, 0.2) is 5.78 Å². The van der Waals surface area contributed by atoms with Crippen LogP contribution in [0.1, 0.15) is 56.4 Å². The summed E-state index contributed by atoms with van der Waals surface area (Å²) in [6.07, 6.45) is -13.9. The molecule has 1 aliphatic rings. The zero-order valence-corrected chi connectivity index (χ0v) is 23.6. The van der Waals surface area contributed by atoms with Crippen molar-refractivity contribution < 1.29 is 53.8 Å². The van der Waals surface area contributed by atoms with E-state index in [-0.39, 0.29) is 54.3 Å². The molecule has 1 amide bonds. The minimum atomic E-state index is -4.97. The Morgan fingerprint density at radius 2 is 1.68 bits per heavy atom. The number of pyridine rings is 1. The van der Waals surface area contributed by atoms with Crippen molar-refractivity contribution >= 4 is 17.3 Å². The van der Waals surface area contributed by atoms with Crippen LogP contribution in [-0.4, -0.2) is 60.9 Å². The Hall–Kier alpha value is -3.62. The molecule has 6 nitrogen and oxygen atoms in total. The summed E-state index contributed by atoms with van der Waals surface area (Å²) in [5.74, 6) is -1.83. The van der Waals surface area contributed by atoms with Crippen LogP contribution in [0.3, 0.4) is 0 Å². The maximum absolute atomic E-state index is 14.8. The van der Waals surface area contributed by atoms with Crippen LogP contribution in [0.5, 0.6) is 5.75 Å². The third-order valence-corrected chi connectivity index (χ3v) is 7.30. The molecule has 0 spiro atoms. The van der Waals surface area contributed by atoms with Crippen LogP contribution in [0, 0.1) is 0 Å². The van der Waals surface area contributed by atoms with Crippen LogP contribution < -0.4 is 15.4 Å². The number of carbonyl (C=O) groups excluding carboxylic acids is 2. The third kappa shape index (κ3) is 8.51. The Balaban J connectivity index is 2.01. The number of carbonyl (C=O) groups is 2. The molecule has 15 heteroatoms. The largest absolute Gasteiger partial charge is 0.494 e. The molecule has 44 heavy (non-hydrogen) atoms. The number of Topliss-reactive ketones (excluding diaryl/α,β-unsaturated/α-hetero) is 1. The summed E-state index contributed by atoms with van der Waals surface area (Å²) in [4.78, 5) is 29.0. The number of allylic oxidation sites excluding steroid dienone is 1. The number of aromatic nitrogens is 1. The minimum Gasteiger partial charge on any atom is -0.494 e. The first-order valence-electron chi connectivity index (χ1n) is 13.4. The smallest absolute Gasteiger partial charge is 0.398 e. The normalized spacial score (nSPS) is 16.9. The van der Waals surface area contributed by atoms with Gasteiger partial charge in [-0.1, -0.05) is 12.1 Å². The number of ketones is 1. The maximum atomic E-state index is 14.8. The lowest BCUT2D eigenvalue weighted by atomic mass is 9.74. The van der Waals surface area contributed by atoms with Gasteiger partial charge in [-0.2, -0.15) is 26.3 Å². The van der Waals surface area contributed by atoms with Gasteiger partial charge >= 0.3 is 12.4 Å². The summed E-state index contributed by atoms with van der Waals surface area (Å²) in [6, 6.07) is 6.43. The van der Waals surface area contributed by atoms with E-state index in [1.807, 2.05) is 0 Å². The number of rotatable bonds is 13. The van der Waals surface area contributed by atoms with Gasteiger partial charge in [0.2, 0.25) is 5.67 Å². The number of amides is 1. The first-order chi connectivity index (χ1) is 20.4. The molecule has 1 aliphatic heterocycles. The van der Waals surface area contributed by atoms with E-state index in [2.05, 4.69) is 15.6 Å². The van der Waals surface area contributed by atoms with Crippen LogP contribution in [-0.2, 0) is 15.0 Å².